The Labute approximate surface area is 74.0 Å². The van der Waals surface area contributed by atoms with Gasteiger partial charge in [0.25, 0.3) is 6.02 Å². The maximum Gasteiger partial charge on any atom is 0.282 e. The first-order valence-electron chi connectivity index (χ1n) is 4.77. The number of nitrogens with zero attached hydrogens (tertiary/aromatic N) is 1. The maximum absolute atomic E-state index is 5.50. The summed E-state index contributed by atoms with van der Waals surface area (Å²) in [5.74, 6) is 0. The molecule has 0 radical (unpaired) electrons. The molecule has 12 heavy (non-hydrogen) atoms. The maximum atomic E-state index is 5.50. The first-order chi connectivity index (χ1) is 5.77. The van der Waals surface area contributed by atoms with Gasteiger partial charge in [-0.25, -0.2) is 4.99 Å². The standard InChI is InChI=1S/C9H18N2O/c1-3-5-7-8(6-4-2)12-9(10)11-7/h7-8H,3-6H2,1-2H3,(H2,10,11)/t7-,8+/m0/s1. The molecule has 1 heterocycles. The van der Waals surface area contributed by atoms with Crippen LogP contribution in [0.25, 0.3) is 0 Å². The molecule has 1 aliphatic heterocycles. The zero-order valence-corrected chi connectivity index (χ0v) is 7.92. The molecule has 0 amide bonds. The average molecular weight is 170 g/mol. The molecular formula is C9H18N2O. The molecule has 0 bridgehead atoms. The number of ether oxygens (including phenoxy) is 1. The first kappa shape index (κ1) is 9.36. The predicted molar refractivity (Wildman–Crippen MR) is 50.1 cm³/mol. The van der Waals surface area contributed by atoms with Crippen LogP contribution in [-0.2, 0) is 4.74 Å². The highest BCUT2D eigenvalue weighted by Gasteiger charge is 2.27. The van der Waals surface area contributed by atoms with Gasteiger partial charge >= 0.3 is 0 Å². The lowest BCUT2D eigenvalue weighted by Gasteiger charge is -2.15. The molecule has 0 aromatic carbocycles. The Morgan fingerprint density at radius 1 is 1.33 bits per heavy atom. The highest BCUT2D eigenvalue weighted by molar-refractivity contribution is 5.73. The van der Waals surface area contributed by atoms with Gasteiger partial charge in [0.05, 0.1) is 6.04 Å². The minimum Gasteiger partial charge on any atom is -0.460 e. The molecule has 0 aromatic rings. The number of rotatable bonds is 4. The van der Waals surface area contributed by atoms with E-state index in [4.69, 9.17) is 10.5 Å². The van der Waals surface area contributed by atoms with Crippen LogP contribution in [0.1, 0.15) is 39.5 Å². The second-order valence-corrected chi connectivity index (χ2v) is 3.27. The normalized spacial score (nSPS) is 28.3. The van der Waals surface area contributed by atoms with Crippen LogP contribution in [0.2, 0.25) is 0 Å². The third-order valence-corrected chi connectivity index (χ3v) is 2.15. The molecule has 0 fully saturated rings. The van der Waals surface area contributed by atoms with Crippen molar-refractivity contribution in [1.29, 1.82) is 0 Å². The summed E-state index contributed by atoms with van der Waals surface area (Å²) in [7, 11) is 0. The third-order valence-electron chi connectivity index (χ3n) is 2.15. The molecule has 3 nitrogen and oxygen atoms in total. The number of aliphatic imine (C=N–C) groups is 1. The molecule has 1 rings (SSSR count). The summed E-state index contributed by atoms with van der Waals surface area (Å²) in [5.41, 5.74) is 5.50. The Morgan fingerprint density at radius 3 is 2.58 bits per heavy atom. The summed E-state index contributed by atoms with van der Waals surface area (Å²) in [6, 6.07) is 0.696. The summed E-state index contributed by atoms with van der Waals surface area (Å²) >= 11 is 0. The van der Waals surface area contributed by atoms with Gasteiger partial charge in [-0.3, -0.25) is 0 Å². The van der Waals surface area contributed by atoms with Crippen molar-refractivity contribution in [2.75, 3.05) is 0 Å². The van der Waals surface area contributed by atoms with Gasteiger partial charge in [0.1, 0.15) is 6.10 Å². The Bertz CT molecular complexity index is 168. The lowest BCUT2D eigenvalue weighted by molar-refractivity contribution is 0.173. The first-order valence-corrected chi connectivity index (χ1v) is 4.77. The highest BCUT2D eigenvalue weighted by Crippen LogP contribution is 2.20. The monoisotopic (exact) mass is 170 g/mol. The van der Waals surface area contributed by atoms with E-state index in [0.717, 1.165) is 25.7 Å². The number of hydrogen-bond donors (Lipinski definition) is 1. The van der Waals surface area contributed by atoms with E-state index in [2.05, 4.69) is 18.8 Å². The van der Waals surface area contributed by atoms with E-state index in [1.165, 1.54) is 0 Å². The Morgan fingerprint density at radius 2 is 2.00 bits per heavy atom. The average Bonchev–Trinajstić information content (AvgIpc) is 2.33. The molecule has 2 atom stereocenters. The fourth-order valence-corrected chi connectivity index (χ4v) is 1.59. The van der Waals surface area contributed by atoms with E-state index in [9.17, 15) is 0 Å². The Hall–Kier alpha value is -0.730. The summed E-state index contributed by atoms with van der Waals surface area (Å²) in [6.07, 6.45) is 4.67. The van der Waals surface area contributed by atoms with Crippen molar-refractivity contribution in [2.45, 2.75) is 51.7 Å². The van der Waals surface area contributed by atoms with E-state index in [1.807, 2.05) is 0 Å². The highest BCUT2D eigenvalue weighted by atomic mass is 16.5. The predicted octanol–water partition coefficient (Wildman–Crippen LogP) is 1.67. The molecule has 0 saturated heterocycles. The largest absolute Gasteiger partial charge is 0.460 e. The molecule has 0 aliphatic carbocycles. The van der Waals surface area contributed by atoms with E-state index >= 15 is 0 Å². The van der Waals surface area contributed by atoms with Crippen LogP contribution in [0.4, 0.5) is 0 Å². The van der Waals surface area contributed by atoms with Gasteiger partial charge in [-0.15, -0.1) is 0 Å². The van der Waals surface area contributed by atoms with E-state index in [1.54, 1.807) is 0 Å². The summed E-state index contributed by atoms with van der Waals surface area (Å²) in [5, 5.41) is 0. The number of nitrogens with two attached hydrogens (primary N) is 1. The fourth-order valence-electron chi connectivity index (χ4n) is 1.59. The van der Waals surface area contributed by atoms with Gasteiger partial charge < -0.3 is 10.5 Å². The molecule has 3 heteroatoms. The van der Waals surface area contributed by atoms with Gasteiger partial charge in [-0.05, 0) is 12.8 Å². The molecule has 2 N–H and O–H groups in total. The smallest absolute Gasteiger partial charge is 0.282 e. The summed E-state index contributed by atoms with van der Waals surface area (Å²) in [4.78, 5) is 4.25. The van der Waals surface area contributed by atoms with Gasteiger partial charge in [-0.1, -0.05) is 26.7 Å². The summed E-state index contributed by atoms with van der Waals surface area (Å²) < 4.78 is 5.39. The van der Waals surface area contributed by atoms with Crippen LogP contribution in [0.3, 0.4) is 0 Å². The van der Waals surface area contributed by atoms with Crippen LogP contribution in [0, 0.1) is 0 Å². The fraction of sp³-hybridized carbons (Fsp3) is 0.889. The minimum atomic E-state index is 0.245. The van der Waals surface area contributed by atoms with Crippen LogP contribution in [0.15, 0.2) is 4.99 Å². The number of hydrogen-bond acceptors (Lipinski definition) is 3. The van der Waals surface area contributed by atoms with Crippen molar-refractivity contribution in [2.24, 2.45) is 10.7 Å². The topological polar surface area (TPSA) is 47.6 Å². The third kappa shape index (κ3) is 2.13. The molecule has 0 aromatic heterocycles. The molecule has 0 spiro atoms. The second kappa shape index (κ2) is 4.33. The quantitative estimate of drug-likeness (QED) is 0.697. The lowest BCUT2D eigenvalue weighted by atomic mass is 10.0. The summed E-state index contributed by atoms with van der Waals surface area (Å²) in [6.45, 7) is 4.31. The van der Waals surface area contributed by atoms with Crippen LogP contribution < -0.4 is 5.73 Å². The van der Waals surface area contributed by atoms with E-state index in [0.29, 0.717) is 12.1 Å². The van der Waals surface area contributed by atoms with Crippen LogP contribution in [-0.4, -0.2) is 18.2 Å². The molecule has 1 aliphatic rings. The van der Waals surface area contributed by atoms with Crippen molar-refractivity contribution in [1.82, 2.24) is 0 Å². The second-order valence-electron chi connectivity index (χ2n) is 3.27. The van der Waals surface area contributed by atoms with Crippen molar-refractivity contribution < 1.29 is 4.74 Å². The van der Waals surface area contributed by atoms with Crippen LogP contribution >= 0.6 is 0 Å². The van der Waals surface area contributed by atoms with Gasteiger partial charge in [0.15, 0.2) is 0 Å². The molecular weight excluding hydrogens is 152 g/mol. The van der Waals surface area contributed by atoms with Gasteiger partial charge in [0, 0.05) is 0 Å². The van der Waals surface area contributed by atoms with Crippen molar-refractivity contribution >= 4 is 6.02 Å². The molecule has 0 saturated carbocycles. The Balaban J connectivity index is 2.43. The van der Waals surface area contributed by atoms with Crippen molar-refractivity contribution in [3.05, 3.63) is 0 Å². The Kier molecular flexibility index (Phi) is 3.38. The zero-order valence-electron chi connectivity index (χ0n) is 7.92. The number of amidine groups is 1. The minimum absolute atomic E-state index is 0.245. The SMILES string of the molecule is CCC[C@@H]1N=C(N)O[C@@H]1CCC. The van der Waals surface area contributed by atoms with Gasteiger partial charge in [0.2, 0.25) is 0 Å². The van der Waals surface area contributed by atoms with E-state index < -0.39 is 0 Å². The van der Waals surface area contributed by atoms with Crippen LogP contribution in [0.5, 0.6) is 0 Å². The molecule has 70 valence electrons. The van der Waals surface area contributed by atoms with E-state index in [-0.39, 0.29) is 6.10 Å². The molecule has 0 unspecified atom stereocenters. The van der Waals surface area contributed by atoms with Crippen molar-refractivity contribution in [3.8, 4) is 0 Å². The lowest BCUT2D eigenvalue weighted by Crippen LogP contribution is -2.23. The van der Waals surface area contributed by atoms with Gasteiger partial charge in [-0.2, -0.15) is 0 Å². The van der Waals surface area contributed by atoms with Crippen molar-refractivity contribution in [3.63, 3.8) is 0 Å². The zero-order chi connectivity index (χ0) is 8.97.